The van der Waals surface area contributed by atoms with Crippen LogP contribution in [0, 0.1) is 19.9 Å². The molecule has 0 spiro atoms. The van der Waals surface area contributed by atoms with Crippen LogP contribution in [0.5, 0.6) is 0 Å². The SMILES string of the molecule is Cc1ccccc1-c1c(C)ccc2[cH-]c(-c3ccccc3)cc12.[Cl][Zr+2][Cl].[c-]1cccc2c1[Si]c1ccccc1-2. The first-order chi connectivity index (χ1) is 19.1. The van der Waals surface area contributed by atoms with E-state index in [1.54, 1.807) is 0 Å². The van der Waals surface area contributed by atoms with E-state index in [0.717, 1.165) is 9.52 Å². The summed E-state index contributed by atoms with van der Waals surface area (Å²) >= 11 is -0.826. The van der Waals surface area contributed by atoms with Gasteiger partial charge in [0, 0.05) is 0 Å². The van der Waals surface area contributed by atoms with Crippen LogP contribution in [0.4, 0.5) is 0 Å². The number of hydrogen-bond acceptors (Lipinski definition) is 0. The van der Waals surface area contributed by atoms with Gasteiger partial charge in [0.1, 0.15) is 0 Å². The van der Waals surface area contributed by atoms with Crippen LogP contribution in [0.2, 0.25) is 0 Å². The monoisotopic (exact) mass is 634 g/mol. The van der Waals surface area contributed by atoms with Crippen molar-refractivity contribution >= 4 is 47.7 Å². The van der Waals surface area contributed by atoms with Gasteiger partial charge in [-0.2, -0.15) is 29.5 Å². The van der Waals surface area contributed by atoms with Crippen molar-refractivity contribution in [3.8, 4) is 33.4 Å². The van der Waals surface area contributed by atoms with Gasteiger partial charge in [-0.05, 0) is 30.5 Å². The molecule has 0 aromatic heterocycles. The third-order valence-electron chi connectivity index (χ3n) is 6.95. The summed E-state index contributed by atoms with van der Waals surface area (Å²) in [5, 5.41) is 5.48. The molecule has 2 radical (unpaired) electrons. The second-order valence-electron chi connectivity index (χ2n) is 9.39. The molecule has 0 nitrogen and oxygen atoms in total. The molecule has 0 saturated carbocycles. The quantitative estimate of drug-likeness (QED) is 0.131. The zero-order valence-electron chi connectivity index (χ0n) is 21.8. The van der Waals surface area contributed by atoms with Crippen molar-refractivity contribution in [2.24, 2.45) is 0 Å². The Morgan fingerprint density at radius 1 is 0.692 bits per heavy atom. The average Bonchev–Trinajstić information content (AvgIpc) is 3.57. The summed E-state index contributed by atoms with van der Waals surface area (Å²) < 4.78 is 0. The molecule has 0 saturated heterocycles. The first-order valence-electron chi connectivity index (χ1n) is 12.8. The van der Waals surface area contributed by atoms with Crippen molar-refractivity contribution in [1.29, 1.82) is 0 Å². The van der Waals surface area contributed by atoms with Gasteiger partial charge in [-0.3, -0.25) is 0 Å². The largest absolute Gasteiger partial charge is 0.184 e. The van der Waals surface area contributed by atoms with Gasteiger partial charge in [0.05, 0.1) is 9.52 Å². The molecule has 0 aliphatic carbocycles. The molecular formula is C35H26Cl2SiZr. The topological polar surface area (TPSA) is 0 Å². The summed E-state index contributed by atoms with van der Waals surface area (Å²) in [6, 6.07) is 46.5. The van der Waals surface area contributed by atoms with E-state index < -0.39 is 20.8 Å². The molecule has 7 rings (SSSR count). The molecule has 6 aromatic rings. The van der Waals surface area contributed by atoms with Crippen molar-refractivity contribution in [3.63, 3.8) is 0 Å². The number of rotatable bonds is 2. The van der Waals surface area contributed by atoms with Gasteiger partial charge < -0.3 is 0 Å². The number of benzene rings is 5. The molecule has 0 N–H and O–H groups in total. The van der Waals surface area contributed by atoms with E-state index >= 15 is 0 Å². The fraction of sp³-hybridized carbons (Fsp3) is 0.0571. The van der Waals surface area contributed by atoms with Gasteiger partial charge in [-0.15, -0.1) is 40.1 Å². The van der Waals surface area contributed by atoms with Gasteiger partial charge in [0.25, 0.3) is 0 Å². The Hall–Kier alpha value is -2.61. The number of halogens is 2. The minimum atomic E-state index is -0.826. The molecule has 4 heteroatoms. The van der Waals surface area contributed by atoms with E-state index in [9.17, 15) is 0 Å². The Labute approximate surface area is 252 Å². The fourth-order valence-corrected chi connectivity index (χ4v) is 6.44. The normalized spacial score (nSPS) is 10.9. The van der Waals surface area contributed by atoms with Crippen LogP contribution in [0.15, 0.2) is 121 Å². The van der Waals surface area contributed by atoms with Crippen molar-refractivity contribution < 1.29 is 20.8 Å². The third-order valence-corrected chi connectivity index (χ3v) is 8.32. The number of aryl methyl sites for hydroxylation is 2. The zero-order chi connectivity index (χ0) is 27.2. The maximum atomic E-state index is 4.93. The molecule has 39 heavy (non-hydrogen) atoms. The molecule has 6 aromatic carbocycles. The van der Waals surface area contributed by atoms with Crippen LogP contribution in [-0.4, -0.2) is 9.52 Å². The van der Waals surface area contributed by atoms with Crippen LogP contribution in [0.3, 0.4) is 0 Å². The molecule has 0 amide bonds. The zero-order valence-corrected chi connectivity index (χ0v) is 26.8. The molecule has 1 aliphatic heterocycles. The van der Waals surface area contributed by atoms with E-state index in [2.05, 4.69) is 135 Å². The van der Waals surface area contributed by atoms with Crippen molar-refractivity contribution in [1.82, 2.24) is 0 Å². The van der Waals surface area contributed by atoms with Crippen LogP contribution in [0.1, 0.15) is 11.1 Å². The van der Waals surface area contributed by atoms with E-state index in [-0.39, 0.29) is 0 Å². The predicted octanol–water partition coefficient (Wildman–Crippen LogP) is 9.01. The Morgan fingerprint density at radius 2 is 1.36 bits per heavy atom. The molecule has 188 valence electrons. The van der Waals surface area contributed by atoms with Crippen LogP contribution >= 0.6 is 17.0 Å². The van der Waals surface area contributed by atoms with Crippen molar-refractivity contribution in [2.45, 2.75) is 13.8 Å². The van der Waals surface area contributed by atoms with Gasteiger partial charge in [0.2, 0.25) is 0 Å². The molecule has 0 bridgehead atoms. The maximum absolute atomic E-state index is 4.93. The Morgan fingerprint density at radius 3 is 2.13 bits per heavy atom. The number of hydrogen-bond donors (Lipinski definition) is 0. The Bertz CT molecular complexity index is 1660. The van der Waals surface area contributed by atoms with Gasteiger partial charge in [-0.1, -0.05) is 107 Å². The van der Waals surface area contributed by atoms with Crippen LogP contribution in [0.25, 0.3) is 44.2 Å². The molecule has 0 unspecified atom stereocenters. The first-order valence-corrected chi connectivity index (χ1v) is 20.1. The third kappa shape index (κ3) is 6.26. The maximum Gasteiger partial charge on any atom is 0.0920 e. The van der Waals surface area contributed by atoms with Gasteiger partial charge in [0.15, 0.2) is 0 Å². The van der Waals surface area contributed by atoms with Gasteiger partial charge in [-0.25, -0.2) is 0 Å². The van der Waals surface area contributed by atoms with Crippen molar-refractivity contribution in [2.75, 3.05) is 0 Å². The summed E-state index contributed by atoms with van der Waals surface area (Å²) in [6.45, 7) is 4.39. The van der Waals surface area contributed by atoms with Gasteiger partial charge >= 0.3 is 37.9 Å². The first kappa shape index (κ1) is 27.9. The van der Waals surface area contributed by atoms with E-state index in [1.807, 2.05) is 6.07 Å². The summed E-state index contributed by atoms with van der Waals surface area (Å²) in [5.41, 5.74) is 10.7. The second kappa shape index (κ2) is 13.2. The minimum absolute atomic E-state index is 0.795. The van der Waals surface area contributed by atoms with Crippen LogP contribution < -0.4 is 10.4 Å². The fourth-order valence-electron chi connectivity index (χ4n) is 5.13. The predicted molar refractivity (Wildman–Crippen MR) is 167 cm³/mol. The minimum Gasteiger partial charge on any atom is -0.184 e. The van der Waals surface area contributed by atoms with Crippen LogP contribution in [-0.2, 0) is 20.8 Å². The summed E-state index contributed by atoms with van der Waals surface area (Å²) in [6.07, 6.45) is 0. The smallest absolute Gasteiger partial charge is 0.0920 e. The molecule has 1 aliphatic rings. The van der Waals surface area contributed by atoms with E-state index in [1.165, 1.54) is 65.7 Å². The average molecular weight is 637 g/mol. The molecular weight excluding hydrogens is 611 g/mol. The summed E-state index contributed by atoms with van der Waals surface area (Å²) in [7, 11) is 10.7. The van der Waals surface area contributed by atoms with E-state index in [0.29, 0.717) is 0 Å². The molecule has 0 fully saturated rings. The number of fused-ring (bicyclic) bond motifs is 4. The standard InChI is InChI=1S/C23H19.C12H7Si.2ClH.Zr/c1-16-8-6-7-11-21(16)23-17(2)12-13-19-14-20(15-22(19)23)18-9-4-3-5-10-18;1-3-7-11-9(5-1)10-6-2-4-8-12(10)13-11;;;/h3-15H,1-2H3;1-7H;2*1H;/q2*-1;;;+4/p-2. The van der Waals surface area contributed by atoms with E-state index in [4.69, 9.17) is 17.0 Å². The molecule has 0 atom stereocenters. The Kier molecular flexibility index (Phi) is 9.43. The van der Waals surface area contributed by atoms with Crippen molar-refractivity contribution in [3.05, 3.63) is 139 Å². The second-order valence-corrected chi connectivity index (χ2v) is 14.4. The Balaban J connectivity index is 0.000000162. The molecule has 1 heterocycles. The summed E-state index contributed by atoms with van der Waals surface area (Å²) in [4.78, 5) is 0. The summed E-state index contributed by atoms with van der Waals surface area (Å²) in [5.74, 6) is 0.